The lowest BCUT2D eigenvalue weighted by Crippen LogP contribution is -2.31. The Balaban J connectivity index is 2.08. The summed E-state index contributed by atoms with van der Waals surface area (Å²) in [6.45, 7) is 11.6. The van der Waals surface area contributed by atoms with Crippen molar-refractivity contribution in [2.45, 2.75) is 72.8 Å². The summed E-state index contributed by atoms with van der Waals surface area (Å²) in [6.07, 6.45) is 3.42. The molecule has 2 aromatic carbocycles. The van der Waals surface area contributed by atoms with Crippen LogP contribution in [0.15, 0.2) is 46.3 Å². The molecule has 0 bridgehead atoms. The van der Waals surface area contributed by atoms with Gasteiger partial charge < -0.3 is 14.6 Å². The normalized spacial score (nSPS) is 13.2. The van der Waals surface area contributed by atoms with Gasteiger partial charge in [0.25, 0.3) is 11.5 Å². The first-order valence-electron chi connectivity index (χ1n) is 14.8. The molecule has 44 heavy (non-hydrogen) atoms. The van der Waals surface area contributed by atoms with Gasteiger partial charge >= 0.3 is 5.97 Å². The molecule has 0 radical (unpaired) electrons. The van der Waals surface area contributed by atoms with E-state index in [1.807, 2.05) is 39.8 Å². The van der Waals surface area contributed by atoms with Crippen LogP contribution in [0.25, 0.3) is 11.1 Å². The second-order valence-corrected chi connectivity index (χ2v) is 12.4. The first kappa shape index (κ1) is 34.5. The minimum absolute atomic E-state index is 0.0476. The summed E-state index contributed by atoms with van der Waals surface area (Å²) >= 11 is 0. The van der Waals surface area contributed by atoms with Gasteiger partial charge in [-0.05, 0) is 129 Å². The lowest BCUT2D eigenvalue weighted by Gasteiger charge is -2.21. The molecule has 0 aliphatic carbocycles. The van der Waals surface area contributed by atoms with Crippen LogP contribution in [0.2, 0.25) is 0 Å². The van der Waals surface area contributed by atoms with Gasteiger partial charge in [-0.15, -0.1) is 0 Å². The Hall–Kier alpha value is -3.98. The van der Waals surface area contributed by atoms with Crippen molar-refractivity contribution in [2.24, 2.45) is 10.9 Å². The van der Waals surface area contributed by atoms with E-state index in [0.29, 0.717) is 29.5 Å². The summed E-state index contributed by atoms with van der Waals surface area (Å²) in [4.78, 5) is 44.8. The Kier molecular flexibility index (Phi) is 11.5. The average Bonchev–Trinajstić information content (AvgIpc) is 2.90. The lowest BCUT2D eigenvalue weighted by atomic mass is 9.88. The van der Waals surface area contributed by atoms with Crippen LogP contribution >= 0.6 is 0 Å². The van der Waals surface area contributed by atoms with E-state index < -0.39 is 36.1 Å². The molecule has 0 aliphatic heterocycles. The predicted octanol–water partition coefficient (Wildman–Crippen LogP) is 6.57. The van der Waals surface area contributed by atoms with Crippen molar-refractivity contribution >= 4 is 18.1 Å². The topological polar surface area (TPSA) is 92.0 Å². The molecule has 3 aromatic rings. The molecular weight excluding hydrogens is 564 g/mol. The molecule has 2 atom stereocenters. The average molecular weight is 608 g/mol. The molecule has 1 aromatic heterocycles. The quantitative estimate of drug-likeness (QED) is 0.235. The maximum Gasteiger partial charge on any atom is 0.304 e. The second-order valence-electron chi connectivity index (χ2n) is 12.4. The molecule has 0 saturated heterocycles. The predicted molar refractivity (Wildman–Crippen MR) is 171 cm³/mol. The first-order chi connectivity index (χ1) is 20.6. The van der Waals surface area contributed by atoms with Crippen LogP contribution in [0, 0.1) is 45.2 Å². The van der Waals surface area contributed by atoms with E-state index in [1.54, 1.807) is 39.1 Å². The number of likely N-dealkylation sites (N-methyl/N-ethyl adjacent to an activating group) is 1. The van der Waals surface area contributed by atoms with Gasteiger partial charge in [0, 0.05) is 30.9 Å². The van der Waals surface area contributed by atoms with Gasteiger partial charge in [-0.2, -0.15) is 0 Å². The Bertz CT molecular complexity index is 1600. The Morgan fingerprint density at radius 3 is 2.18 bits per heavy atom. The van der Waals surface area contributed by atoms with Crippen molar-refractivity contribution in [2.75, 3.05) is 20.6 Å². The number of hydrogen-bond acceptors (Lipinski definition) is 4. The van der Waals surface area contributed by atoms with Crippen molar-refractivity contribution in [1.29, 1.82) is 0 Å². The van der Waals surface area contributed by atoms with Crippen LogP contribution in [0.3, 0.4) is 0 Å². The van der Waals surface area contributed by atoms with Crippen LogP contribution in [-0.4, -0.2) is 53.3 Å². The van der Waals surface area contributed by atoms with Gasteiger partial charge in [0.05, 0.1) is 6.42 Å². The summed E-state index contributed by atoms with van der Waals surface area (Å²) < 4.78 is 31.0. The van der Waals surface area contributed by atoms with Crippen LogP contribution in [0.1, 0.15) is 72.0 Å². The maximum absolute atomic E-state index is 15.6. The molecule has 9 heteroatoms. The van der Waals surface area contributed by atoms with Gasteiger partial charge in [-0.3, -0.25) is 14.4 Å². The summed E-state index contributed by atoms with van der Waals surface area (Å²) in [5, 5.41) is 9.70. The molecule has 236 valence electrons. The summed E-state index contributed by atoms with van der Waals surface area (Å²) in [5.74, 6) is -3.81. The van der Waals surface area contributed by atoms with Crippen LogP contribution in [0.5, 0.6) is 0 Å². The zero-order valence-corrected chi connectivity index (χ0v) is 26.9. The highest BCUT2D eigenvalue weighted by molar-refractivity contribution is 5.91. The molecule has 0 spiro atoms. The van der Waals surface area contributed by atoms with Crippen molar-refractivity contribution in [1.82, 2.24) is 9.47 Å². The number of aliphatic imine (C=N–C) groups is 1. The molecule has 0 fully saturated rings. The molecule has 1 heterocycles. The third-order valence-electron chi connectivity index (χ3n) is 7.78. The van der Waals surface area contributed by atoms with E-state index in [4.69, 9.17) is 0 Å². The van der Waals surface area contributed by atoms with E-state index in [2.05, 4.69) is 4.99 Å². The molecule has 7 nitrogen and oxygen atoms in total. The van der Waals surface area contributed by atoms with Gasteiger partial charge in [0.1, 0.15) is 17.7 Å². The molecular formula is C35H43F2N3O4. The minimum atomic E-state index is -1.19. The van der Waals surface area contributed by atoms with E-state index in [-0.39, 0.29) is 28.4 Å². The number of rotatable bonds is 12. The van der Waals surface area contributed by atoms with E-state index in [9.17, 15) is 23.9 Å². The highest BCUT2D eigenvalue weighted by atomic mass is 19.1. The lowest BCUT2D eigenvalue weighted by molar-refractivity contribution is -0.137. The highest BCUT2D eigenvalue weighted by Crippen LogP contribution is 2.34. The molecule has 0 aliphatic rings. The Labute approximate surface area is 258 Å². The fraction of sp³-hybridized carbons (Fsp3) is 0.429. The smallest absolute Gasteiger partial charge is 0.304 e. The van der Waals surface area contributed by atoms with Crippen LogP contribution in [0.4, 0.5) is 8.78 Å². The molecule has 1 N–H and O–H groups in total. The summed E-state index contributed by atoms with van der Waals surface area (Å²) in [5.41, 5.74) is 4.44. The minimum Gasteiger partial charge on any atom is -0.481 e. The maximum atomic E-state index is 15.6. The highest BCUT2D eigenvalue weighted by Gasteiger charge is 2.25. The standard InChI is InChI=1S/C35H43F2N3O4/c1-20(2)11-30(40-19-25(9-10-39(7)8)21(3)15-31(40)41)35(44)38-18-27(17-32(42)43)29-16-26(12-24(6)34(29)37)33-22(4)13-28(36)14-23(33)5/h12-16,18-20,27,30H,9-11,17H2,1-8H3,(H,42,43). The van der Waals surface area contributed by atoms with Gasteiger partial charge in [-0.1, -0.05) is 13.8 Å². The zero-order valence-electron chi connectivity index (χ0n) is 26.9. The molecule has 2 unspecified atom stereocenters. The number of carboxylic acid groups (broad SMARTS) is 1. The zero-order chi connectivity index (χ0) is 32.9. The van der Waals surface area contributed by atoms with Gasteiger partial charge in [-0.25, -0.2) is 13.8 Å². The van der Waals surface area contributed by atoms with Crippen molar-refractivity contribution in [3.05, 3.63) is 91.9 Å². The van der Waals surface area contributed by atoms with E-state index in [0.717, 1.165) is 23.2 Å². The largest absolute Gasteiger partial charge is 0.481 e. The fourth-order valence-corrected chi connectivity index (χ4v) is 5.57. The second kappa shape index (κ2) is 14.7. The third kappa shape index (κ3) is 8.56. The molecule has 1 amide bonds. The SMILES string of the molecule is Cc1cc(=O)n(C(CC(C)C)C(=O)N=CC(CC(=O)O)c2cc(-c3c(C)cc(F)cc3C)cc(C)c2F)cc1CCN(C)C. The third-order valence-corrected chi connectivity index (χ3v) is 7.78. The number of amides is 1. The number of carbonyl (C=O) groups is 2. The number of halogens is 2. The van der Waals surface area contributed by atoms with Crippen molar-refractivity contribution in [3.8, 4) is 11.1 Å². The summed E-state index contributed by atoms with van der Waals surface area (Å²) in [6, 6.07) is 6.58. The molecule has 0 saturated carbocycles. The monoisotopic (exact) mass is 607 g/mol. The number of pyridine rings is 1. The number of hydrogen-bond donors (Lipinski definition) is 1. The van der Waals surface area contributed by atoms with Crippen molar-refractivity contribution in [3.63, 3.8) is 0 Å². The van der Waals surface area contributed by atoms with Crippen molar-refractivity contribution < 1.29 is 23.5 Å². The number of carboxylic acids is 1. The van der Waals surface area contributed by atoms with Crippen LogP contribution in [-0.2, 0) is 16.0 Å². The van der Waals surface area contributed by atoms with E-state index in [1.165, 1.54) is 29.0 Å². The fourth-order valence-electron chi connectivity index (χ4n) is 5.57. The number of aromatic nitrogens is 1. The summed E-state index contributed by atoms with van der Waals surface area (Å²) in [7, 11) is 3.92. The number of aliphatic carboxylic acids is 1. The number of benzene rings is 2. The Morgan fingerprint density at radius 2 is 1.61 bits per heavy atom. The van der Waals surface area contributed by atoms with E-state index >= 15 is 4.39 Å². The number of aryl methyl sites for hydroxylation is 4. The molecule has 3 rings (SSSR count). The number of nitrogens with zero attached hydrogens (tertiary/aromatic N) is 3. The number of carbonyl (C=O) groups excluding carboxylic acids is 1. The van der Waals surface area contributed by atoms with Gasteiger partial charge in [0.15, 0.2) is 0 Å². The Morgan fingerprint density at radius 1 is 0.977 bits per heavy atom. The van der Waals surface area contributed by atoms with Gasteiger partial charge in [0.2, 0.25) is 0 Å². The van der Waals surface area contributed by atoms with Crippen LogP contribution < -0.4 is 5.56 Å². The first-order valence-corrected chi connectivity index (χ1v) is 14.8.